The van der Waals surface area contributed by atoms with E-state index < -0.39 is 6.36 Å². The van der Waals surface area contributed by atoms with E-state index in [0.29, 0.717) is 12.0 Å². The molecule has 2 amide bonds. The molecule has 0 unspecified atom stereocenters. The highest BCUT2D eigenvalue weighted by molar-refractivity contribution is 7.10. The topological polar surface area (TPSA) is 70.7 Å². The quantitative estimate of drug-likeness (QED) is 0.474. The Balaban J connectivity index is 1.35. The highest BCUT2D eigenvalue weighted by atomic mass is 32.1. The monoisotopic (exact) mass is 511 g/mol. The maximum atomic E-state index is 12.4. The Hall–Kier alpha value is -2.59. The first-order chi connectivity index (χ1) is 16.6. The van der Waals surface area contributed by atoms with Crippen LogP contribution in [-0.2, 0) is 21.7 Å². The average Bonchev–Trinajstić information content (AvgIpc) is 3.33. The fourth-order valence-electron chi connectivity index (χ4n) is 4.55. The number of halogens is 3. The van der Waals surface area contributed by atoms with Gasteiger partial charge in [-0.2, -0.15) is 0 Å². The molecule has 0 radical (unpaired) electrons. The smallest absolute Gasteiger partial charge is 0.406 e. The molecule has 1 heterocycles. The third-order valence-corrected chi connectivity index (χ3v) is 7.51. The number of amides is 2. The van der Waals surface area contributed by atoms with E-state index in [2.05, 4.69) is 51.9 Å². The third-order valence-electron chi connectivity index (χ3n) is 6.44. The number of ether oxygens (including phenoxy) is 1. The van der Waals surface area contributed by atoms with Crippen LogP contribution in [0.25, 0.3) is 0 Å². The van der Waals surface area contributed by atoms with Crippen LogP contribution in [0, 0.1) is 0 Å². The molecule has 10 heteroatoms. The fourth-order valence-corrected chi connectivity index (χ4v) is 5.61. The lowest BCUT2D eigenvalue weighted by molar-refractivity contribution is -0.274. The van der Waals surface area contributed by atoms with Gasteiger partial charge in [0.25, 0.3) is 0 Å². The van der Waals surface area contributed by atoms with Crippen molar-refractivity contribution < 1.29 is 27.5 Å². The van der Waals surface area contributed by atoms with Gasteiger partial charge in [-0.25, -0.2) is 0 Å². The standard InChI is InChI=1S/C25H32F3N3O3S/c1-31(2)24(21-8-5-15-35-21)13-11-19(12-14-24)30-23(33)10-4-9-22(32)29-17-18-6-3-7-20(16-18)34-25(26,27)28/h3,5-8,15-16,19H,4,9-14,17H2,1-2H3,(H,29,32)(H,30,33). The van der Waals surface area contributed by atoms with Gasteiger partial charge in [0.15, 0.2) is 0 Å². The van der Waals surface area contributed by atoms with Crippen LogP contribution in [0.1, 0.15) is 55.4 Å². The molecule has 1 fully saturated rings. The summed E-state index contributed by atoms with van der Waals surface area (Å²) in [5.41, 5.74) is 0.512. The first-order valence-electron chi connectivity index (χ1n) is 11.7. The van der Waals surface area contributed by atoms with Crippen molar-refractivity contribution in [2.24, 2.45) is 0 Å². The van der Waals surface area contributed by atoms with Gasteiger partial charge in [0.05, 0.1) is 5.54 Å². The summed E-state index contributed by atoms with van der Waals surface area (Å²) < 4.78 is 40.9. The Labute approximate surface area is 207 Å². The van der Waals surface area contributed by atoms with E-state index in [1.165, 1.54) is 23.1 Å². The minimum atomic E-state index is -4.76. The number of benzene rings is 1. The predicted molar refractivity (Wildman–Crippen MR) is 129 cm³/mol. The van der Waals surface area contributed by atoms with Crippen LogP contribution in [0.15, 0.2) is 41.8 Å². The SMILES string of the molecule is CN(C)C1(c2cccs2)CCC(NC(=O)CCCC(=O)NCc2cccc(OC(F)(F)F)c2)CC1. The molecule has 1 saturated carbocycles. The van der Waals surface area contributed by atoms with Crippen molar-refractivity contribution >= 4 is 23.2 Å². The zero-order valence-electron chi connectivity index (χ0n) is 20.0. The van der Waals surface area contributed by atoms with Gasteiger partial charge in [0.1, 0.15) is 5.75 Å². The van der Waals surface area contributed by atoms with Crippen LogP contribution >= 0.6 is 11.3 Å². The van der Waals surface area contributed by atoms with Gasteiger partial charge in [-0.15, -0.1) is 24.5 Å². The summed E-state index contributed by atoms with van der Waals surface area (Å²) in [6, 6.07) is 9.86. The molecule has 0 saturated heterocycles. The van der Waals surface area contributed by atoms with Crippen LogP contribution in [0.4, 0.5) is 13.2 Å². The second-order valence-corrected chi connectivity index (χ2v) is 10.0. The molecule has 1 aliphatic carbocycles. The van der Waals surface area contributed by atoms with Crippen LogP contribution in [0.3, 0.4) is 0 Å². The fraction of sp³-hybridized carbons (Fsp3) is 0.520. The van der Waals surface area contributed by atoms with Crippen molar-refractivity contribution in [3.63, 3.8) is 0 Å². The number of hydrogen-bond donors (Lipinski definition) is 2. The molecule has 3 rings (SSSR count). The van der Waals surface area contributed by atoms with Crippen LogP contribution < -0.4 is 15.4 Å². The minimum absolute atomic E-state index is 0.0197. The summed E-state index contributed by atoms with van der Waals surface area (Å²) in [4.78, 5) is 28.1. The van der Waals surface area contributed by atoms with Crippen molar-refractivity contribution in [1.29, 1.82) is 0 Å². The number of nitrogens with one attached hydrogen (secondary N) is 2. The molecule has 0 spiro atoms. The summed E-state index contributed by atoms with van der Waals surface area (Å²) in [5.74, 6) is -0.653. The predicted octanol–water partition coefficient (Wildman–Crippen LogP) is 4.95. The van der Waals surface area contributed by atoms with E-state index in [0.717, 1.165) is 25.7 Å². The normalized spacial score (nSPS) is 20.5. The van der Waals surface area contributed by atoms with Gasteiger partial charge >= 0.3 is 6.36 Å². The summed E-state index contributed by atoms with van der Waals surface area (Å²) in [6.07, 6.45) is -0.190. The molecule has 1 aromatic carbocycles. The van der Waals surface area contributed by atoms with E-state index >= 15 is 0 Å². The molecule has 1 aromatic heterocycles. The summed E-state index contributed by atoms with van der Waals surface area (Å²) in [5, 5.41) is 7.87. The number of carbonyl (C=O) groups excluding carboxylic acids is 2. The average molecular weight is 512 g/mol. The van der Waals surface area contributed by atoms with Gasteiger partial charge in [-0.3, -0.25) is 14.5 Å². The molecular formula is C25H32F3N3O3S. The second kappa shape index (κ2) is 11.9. The van der Waals surface area contributed by atoms with E-state index in [1.807, 2.05) is 0 Å². The van der Waals surface area contributed by atoms with E-state index in [1.54, 1.807) is 17.4 Å². The van der Waals surface area contributed by atoms with Gasteiger partial charge in [-0.05, 0) is 75.3 Å². The molecule has 2 N–H and O–H groups in total. The van der Waals surface area contributed by atoms with Crippen molar-refractivity contribution in [2.45, 2.75) is 69.4 Å². The number of thiophene rings is 1. The Morgan fingerprint density at radius 3 is 2.46 bits per heavy atom. The lowest BCUT2D eigenvalue weighted by atomic mass is 9.77. The van der Waals surface area contributed by atoms with Crippen molar-refractivity contribution in [1.82, 2.24) is 15.5 Å². The Bertz CT molecular complexity index is 972. The van der Waals surface area contributed by atoms with Gasteiger partial charge in [-0.1, -0.05) is 18.2 Å². The summed E-state index contributed by atoms with van der Waals surface area (Å²) in [7, 11) is 4.22. The molecule has 1 aliphatic rings. The third kappa shape index (κ3) is 7.96. The number of hydrogen-bond acceptors (Lipinski definition) is 5. The number of alkyl halides is 3. The molecule has 192 valence electrons. The van der Waals surface area contributed by atoms with E-state index in [9.17, 15) is 22.8 Å². The maximum Gasteiger partial charge on any atom is 0.573 e. The van der Waals surface area contributed by atoms with Gasteiger partial charge < -0.3 is 15.4 Å². The van der Waals surface area contributed by atoms with Crippen LogP contribution in [0.2, 0.25) is 0 Å². The van der Waals surface area contributed by atoms with E-state index in [4.69, 9.17) is 0 Å². The summed E-state index contributed by atoms with van der Waals surface area (Å²) >= 11 is 1.77. The van der Waals surface area contributed by atoms with Gasteiger partial charge in [0, 0.05) is 30.3 Å². The Morgan fingerprint density at radius 2 is 1.83 bits per heavy atom. The zero-order valence-corrected chi connectivity index (χ0v) is 20.8. The second-order valence-electron chi connectivity index (χ2n) is 9.07. The lowest BCUT2D eigenvalue weighted by Gasteiger charge is -2.44. The molecule has 35 heavy (non-hydrogen) atoms. The molecule has 6 nitrogen and oxygen atoms in total. The molecule has 0 atom stereocenters. The van der Waals surface area contributed by atoms with Crippen molar-refractivity contribution in [3.8, 4) is 5.75 Å². The molecule has 0 bridgehead atoms. The number of rotatable bonds is 10. The molecular weight excluding hydrogens is 479 g/mol. The van der Waals surface area contributed by atoms with Crippen molar-refractivity contribution in [2.75, 3.05) is 14.1 Å². The minimum Gasteiger partial charge on any atom is -0.406 e. The first kappa shape index (κ1) is 27.0. The zero-order chi connectivity index (χ0) is 25.5. The number of nitrogens with zero attached hydrogens (tertiary/aromatic N) is 1. The highest BCUT2D eigenvalue weighted by Gasteiger charge is 2.39. The first-order valence-corrected chi connectivity index (χ1v) is 12.6. The molecule has 2 aromatic rings. The van der Waals surface area contributed by atoms with Crippen LogP contribution in [-0.4, -0.2) is 43.2 Å². The largest absolute Gasteiger partial charge is 0.573 e. The summed E-state index contributed by atoms with van der Waals surface area (Å²) in [6.45, 7) is 0.0834. The van der Waals surface area contributed by atoms with Crippen LogP contribution in [0.5, 0.6) is 5.75 Å². The Kier molecular flexibility index (Phi) is 9.18. The van der Waals surface area contributed by atoms with Gasteiger partial charge in [0.2, 0.25) is 11.8 Å². The molecule has 0 aliphatic heterocycles. The number of carbonyl (C=O) groups is 2. The van der Waals surface area contributed by atoms with E-state index in [-0.39, 0.29) is 48.5 Å². The lowest BCUT2D eigenvalue weighted by Crippen LogP contribution is -2.48. The highest BCUT2D eigenvalue weighted by Crippen LogP contribution is 2.43. The maximum absolute atomic E-state index is 12.4. The Morgan fingerprint density at radius 1 is 1.11 bits per heavy atom. The van der Waals surface area contributed by atoms with Crippen molar-refractivity contribution in [3.05, 3.63) is 52.2 Å².